The van der Waals surface area contributed by atoms with Crippen molar-refractivity contribution >= 4 is 22.6 Å². The Bertz CT molecular complexity index is 1360. The molecule has 2 aromatic heterocycles. The second-order valence-corrected chi connectivity index (χ2v) is 7.41. The quantitative estimate of drug-likeness (QED) is 0.402. The lowest BCUT2D eigenvalue weighted by atomic mass is 10.0. The van der Waals surface area contributed by atoms with Gasteiger partial charge in [0.1, 0.15) is 11.3 Å². The SMILES string of the molecule is CC.Cc1cc(C(C)Nc2ccccc2C(=O)O)c2oc(-c3nccnc3C)cc(=O)c2c1. The number of carboxylic acids is 1. The monoisotopic (exact) mass is 445 g/mol. The molecule has 7 heteroatoms. The van der Waals surface area contributed by atoms with Gasteiger partial charge in [-0.25, -0.2) is 9.78 Å². The molecule has 2 heterocycles. The van der Waals surface area contributed by atoms with Crippen LogP contribution in [0.3, 0.4) is 0 Å². The van der Waals surface area contributed by atoms with Crippen LogP contribution in [-0.2, 0) is 0 Å². The van der Waals surface area contributed by atoms with Crippen molar-refractivity contribution in [2.75, 3.05) is 5.32 Å². The molecule has 2 N–H and O–H groups in total. The molecule has 0 amide bonds. The number of carbonyl (C=O) groups is 1. The largest absolute Gasteiger partial charge is 0.478 e. The van der Waals surface area contributed by atoms with Crippen LogP contribution in [0.4, 0.5) is 5.69 Å². The van der Waals surface area contributed by atoms with Gasteiger partial charge in [-0.15, -0.1) is 0 Å². The highest BCUT2D eigenvalue weighted by atomic mass is 16.4. The van der Waals surface area contributed by atoms with Crippen LogP contribution in [0.25, 0.3) is 22.4 Å². The predicted octanol–water partition coefficient (Wildman–Crippen LogP) is 5.76. The molecule has 1 atom stereocenters. The van der Waals surface area contributed by atoms with Crippen LogP contribution in [0.1, 0.15) is 54.0 Å². The Hall–Kier alpha value is -4.00. The van der Waals surface area contributed by atoms with Crippen LogP contribution >= 0.6 is 0 Å². The lowest BCUT2D eigenvalue weighted by molar-refractivity contribution is 0.0698. The zero-order valence-corrected chi connectivity index (χ0v) is 19.3. The second kappa shape index (κ2) is 10.1. The standard InChI is InChI=1S/C24H21N3O4.C2H6/c1-13-10-17(14(2)27-19-7-5-4-6-16(19)24(29)30)23-18(11-13)20(28)12-21(31-23)22-15(3)25-8-9-26-22;1-2/h4-12,14,27H,1-3H3,(H,29,30);1-2H3. The Morgan fingerprint density at radius 3 is 2.45 bits per heavy atom. The first-order valence-corrected chi connectivity index (χ1v) is 10.8. The fourth-order valence-corrected chi connectivity index (χ4v) is 3.63. The highest BCUT2D eigenvalue weighted by Crippen LogP contribution is 2.31. The van der Waals surface area contributed by atoms with E-state index in [2.05, 4.69) is 15.3 Å². The van der Waals surface area contributed by atoms with Gasteiger partial charge in [-0.2, -0.15) is 0 Å². The number of benzene rings is 2. The zero-order valence-electron chi connectivity index (χ0n) is 19.3. The van der Waals surface area contributed by atoms with E-state index in [4.69, 9.17) is 4.42 Å². The van der Waals surface area contributed by atoms with Crippen LogP contribution in [0.5, 0.6) is 0 Å². The molecule has 0 aliphatic carbocycles. The Balaban J connectivity index is 0.00000149. The van der Waals surface area contributed by atoms with Gasteiger partial charge in [-0.05, 0) is 44.5 Å². The van der Waals surface area contributed by atoms with Gasteiger partial charge in [0.15, 0.2) is 11.2 Å². The van der Waals surface area contributed by atoms with Crippen LogP contribution in [-0.4, -0.2) is 21.0 Å². The summed E-state index contributed by atoms with van der Waals surface area (Å²) in [7, 11) is 0. The van der Waals surface area contributed by atoms with Crippen molar-refractivity contribution in [1.82, 2.24) is 9.97 Å². The van der Waals surface area contributed by atoms with E-state index < -0.39 is 5.97 Å². The number of carboxylic acid groups (broad SMARTS) is 1. The van der Waals surface area contributed by atoms with E-state index >= 15 is 0 Å². The third-order valence-electron chi connectivity index (χ3n) is 5.11. The van der Waals surface area contributed by atoms with Crippen LogP contribution in [0.2, 0.25) is 0 Å². The van der Waals surface area contributed by atoms with Crippen molar-refractivity contribution in [3.63, 3.8) is 0 Å². The molecule has 0 fully saturated rings. The van der Waals surface area contributed by atoms with E-state index in [0.717, 1.165) is 11.1 Å². The maximum atomic E-state index is 12.9. The molecule has 33 heavy (non-hydrogen) atoms. The molecule has 0 saturated heterocycles. The number of aryl methyl sites for hydroxylation is 2. The number of anilines is 1. The maximum Gasteiger partial charge on any atom is 0.337 e. The van der Waals surface area contributed by atoms with Gasteiger partial charge in [-0.1, -0.05) is 32.0 Å². The number of nitrogens with one attached hydrogen (secondary N) is 1. The van der Waals surface area contributed by atoms with E-state index in [0.29, 0.717) is 33.8 Å². The summed E-state index contributed by atoms with van der Waals surface area (Å²) in [5.74, 6) is -0.678. The summed E-state index contributed by atoms with van der Waals surface area (Å²) in [6.45, 7) is 9.60. The zero-order chi connectivity index (χ0) is 24.1. The fraction of sp³-hybridized carbons (Fsp3) is 0.231. The number of aromatic carboxylic acids is 1. The molecular formula is C26H27N3O4. The Morgan fingerprint density at radius 2 is 1.76 bits per heavy atom. The van der Waals surface area contributed by atoms with E-state index in [1.807, 2.05) is 33.8 Å². The number of rotatable bonds is 5. The number of nitrogens with zero attached hydrogens (tertiary/aromatic N) is 2. The average Bonchev–Trinajstić information content (AvgIpc) is 2.81. The molecule has 2 aromatic carbocycles. The first kappa shape index (κ1) is 23.7. The predicted molar refractivity (Wildman–Crippen MR) is 130 cm³/mol. The van der Waals surface area contributed by atoms with Crippen molar-refractivity contribution in [3.8, 4) is 11.5 Å². The molecule has 0 saturated carbocycles. The van der Waals surface area contributed by atoms with Crippen molar-refractivity contribution in [3.05, 3.63) is 87.5 Å². The van der Waals surface area contributed by atoms with E-state index in [1.165, 1.54) is 6.07 Å². The van der Waals surface area contributed by atoms with Crippen LogP contribution < -0.4 is 10.7 Å². The highest BCUT2D eigenvalue weighted by Gasteiger charge is 2.19. The molecule has 0 radical (unpaired) electrons. The van der Waals surface area contributed by atoms with E-state index in [9.17, 15) is 14.7 Å². The minimum absolute atomic E-state index is 0.170. The lowest BCUT2D eigenvalue weighted by Crippen LogP contribution is -2.12. The molecule has 0 aliphatic rings. The third kappa shape index (κ3) is 4.92. The van der Waals surface area contributed by atoms with E-state index in [-0.39, 0.29) is 17.0 Å². The number of aromatic nitrogens is 2. The fourth-order valence-electron chi connectivity index (χ4n) is 3.63. The van der Waals surface area contributed by atoms with Gasteiger partial charge in [0.05, 0.1) is 22.7 Å². The molecule has 4 rings (SSSR count). The normalized spacial score (nSPS) is 11.4. The molecule has 0 spiro atoms. The first-order chi connectivity index (χ1) is 15.8. The number of hydrogen-bond donors (Lipinski definition) is 2. The van der Waals surface area contributed by atoms with Crippen molar-refractivity contribution in [1.29, 1.82) is 0 Å². The van der Waals surface area contributed by atoms with E-state index in [1.54, 1.807) is 49.6 Å². The average molecular weight is 446 g/mol. The molecule has 7 nitrogen and oxygen atoms in total. The Morgan fingerprint density at radius 1 is 1.06 bits per heavy atom. The van der Waals surface area contributed by atoms with Crippen LogP contribution in [0.15, 0.2) is 64.1 Å². The third-order valence-corrected chi connectivity index (χ3v) is 5.11. The van der Waals surface area contributed by atoms with Gasteiger partial charge in [0.2, 0.25) is 0 Å². The van der Waals surface area contributed by atoms with Gasteiger partial charge < -0.3 is 14.8 Å². The number of fused-ring (bicyclic) bond motifs is 1. The van der Waals surface area contributed by atoms with Gasteiger partial charge in [0.25, 0.3) is 0 Å². The van der Waals surface area contributed by atoms with Crippen LogP contribution in [0, 0.1) is 13.8 Å². The summed E-state index contributed by atoms with van der Waals surface area (Å²) in [6.07, 6.45) is 3.13. The Kier molecular flexibility index (Phi) is 7.23. The van der Waals surface area contributed by atoms with Gasteiger partial charge >= 0.3 is 5.97 Å². The molecule has 0 bridgehead atoms. The second-order valence-electron chi connectivity index (χ2n) is 7.41. The minimum Gasteiger partial charge on any atom is -0.478 e. The molecule has 170 valence electrons. The molecule has 1 unspecified atom stereocenters. The van der Waals surface area contributed by atoms with Gasteiger partial charge in [0, 0.05) is 29.7 Å². The number of hydrogen-bond acceptors (Lipinski definition) is 6. The first-order valence-electron chi connectivity index (χ1n) is 10.8. The number of para-hydroxylation sites is 1. The summed E-state index contributed by atoms with van der Waals surface area (Å²) in [5, 5.41) is 13.2. The summed E-state index contributed by atoms with van der Waals surface area (Å²) in [5.41, 5.74) is 3.72. The smallest absolute Gasteiger partial charge is 0.337 e. The maximum absolute atomic E-state index is 12.9. The summed E-state index contributed by atoms with van der Waals surface area (Å²) in [4.78, 5) is 33.0. The van der Waals surface area contributed by atoms with Gasteiger partial charge in [-0.3, -0.25) is 9.78 Å². The van der Waals surface area contributed by atoms with Crippen molar-refractivity contribution in [2.45, 2.75) is 40.7 Å². The lowest BCUT2D eigenvalue weighted by Gasteiger charge is -2.19. The summed E-state index contributed by atoms with van der Waals surface area (Å²) in [6, 6.07) is 11.5. The Labute approximate surface area is 192 Å². The van der Waals surface area contributed by atoms with Crippen molar-refractivity contribution in [2.24, 2.45) is 0 Å². The van der Waals surface area contributed by atoms with Crippen molar-refractivity contribution < 1.29 is 14.3 Å². The molecule has 4 aromatic rings. The topological polar surface area (TPSA) is 105 Å². The highest BCUT2D eigenvalue weighted by molar-refractivity contribution is 5.94. The molecular weight excluding hydrogens is 418 g/mol. The summed E-state index contributed by atoms with van der Waals surface area (Å²) < 4.78 is 6.17. The minimum atomic E-state index is -1.02. The molecule has 0 aliphatic heterocycles. The summed E-state index contributed by atoms with van der Waals surface area (Å²) >= 11 is 0.